The molecule has 0 fully saturated rings. The van der Waals surface area contributed by atoms with Crippen LogP contribution in [0.25, 0.3) is 11.6 Å². The third-order valence-corrected chi connectivity index (χ3v) is 4.41. The van der Waals surface area contributed by atoms with Gasteiger partial charge in [-0.15, -0.1) is 0 Å². The van der Waals surface area contributed by atoms with Crippen molar-refractivity contribution >= 4 is 29.5 Å². The highest BCUT2D eigenvalue weighted by molar-refractivity contribution is 6.33. The Morgan fingerprint density at radius 2 is 1.71 bits per heavy atom. The predicted octanol–water partition coefficient (Wildman–Crippen LogP) is 4.35. The van der Waals surface area contributed by atoms with E-state index >= 15 is 0 Å². The topological polar surface area (TPSA) is 11.3 Å². The van der Waals surface area contributed by atoms with Gasteiger partial charge in [0, 0.05) is 6.08 Å². The summed E-state index contributed by atoms with van der Waals surface area (Å²) in [4.78, 5) is -0.717. The molecule has 0 saturated heterocycles. The van der Waals surface area contributed by atoms with Gasteiger partial charge >= 0.3 is 12.4 Å². The molecule has 0 bridgehead atoms. The number of aldehydes is 1. The Morgan fingerprint density at radius 1 is 0.952 bits per heavy atom. The van der Waals surface area contributed by atoms with Crippen LogP contribution in [0.2, 0.25) is 0 Å². The molecule has 21 heavy (non-hydrogen) atoms. The summed E-state index contributed by atoms with van der Waals surface area (Å²) in [5, 5.41) is 0. The van der Waals surface area contributed by atoms with Gasteiger partial charge < -0.3 is 0 Å². The summed E-state index contributed by atoms with van der Waals surface area (Å²) < 4.78 is 5.90. The number of alkyl halides is 1. The average molecular weight is 294 g/mol. The van der Waals surface area contributed by atoms with Crippen molar-refractivity contribution in [3.05, 3.63) is 83.4 Å². The molecule has 2 atom stereocenters. The Bertz CT molecular complexity index is 773. The summed E-state index contributed by atoms with van der Waals surface area (Å²) in [6, 6.07) is 18.3. The van der Waals surface area contributed by atoms with Crippen LogP contribution >= 0.6 is 11.6 Å². The minimum Gasteiger partial charge on any atom is -0.252 e. The molecule has 0 amide bonds. The third-order valence-electron chi connectivity index (χ3n) is 4.00. The minimum absolute atomic E-state index is 0.0458. The van der Waals surface area contributed by atoms with E-state index in [1.807, 2.05) is 42.5 Å². The van der Waals surface area contributed by atoms with Gasteiger partial charge in [-0.2, -0.15) is 0 Å². The van der Waals surface area contributed by atoms with E-state index < -0.39 is 4.87 Å². The van der Waals surface area contributed by atoms with Crippen molar-refractivity contribution in [1.29, 1.82) is 0 Å². The van der Waals surface area contributed by atoms with Gasteiger partial charge in [-0.1, -0.05) is 66.2 Å². The van der Waals surface area contributed by atoms with Crippen molar-refractivity contribution in [3.8, 4) is 0 Å². The fraction of sp³-hybridized carbons (Fsp3) is 0.105. The molecule has 2 aromatic carbocycles. The van der Waals surface area contributed by atoms with Crippen LogP contribution in [-0.2, 0) is 9.30 Å². The van der Waals surface area contributed by atoms with E-state index in [2.05, 4.69) is 30.4 Å². The lowest BCUT2D eigenvalue weighted by molar-refractivity contribution is -0.469. The summed E-state index contributed by atoms with van der Waals surface area (Å²) in [5.41, 5.74) is 4.55. The quantitative estimate of drug-likeness (QED) is 0.421. The predicted molar refractivity (Wildman–Crippen MR) is 87.3 cm³/mol. The second kappa shape index (κ2) is 4.71. The molecule has 2 unspecified atom stereocenters. The van der Waals surface area contributed by atoms with Crippen LogP contribution in [0.3, 0.4) is 0 Å². The maximum absolute atomic E-state index is 6.81. The summed E-state index contributed by atoms with van der Waals surface area (Å²) in [6.45, 7) is 0. The maximum atomic E-state index is 6.81. The normalized spacial score (nSPS) is 26.0. The Kier molecular flexibility index (Phi) is 2.83. The van der Waals surface area contributed by atoms with E-state index in [0.29, 0.717) is 0 Å². The van der Waals surface area contributed by atoms with E-state index in [1.165, 1.54) is 11.1 Å². The molecule has 1 nitrogen and oxygen atoms in total. The largest absolute Gasteiger partial charge is 0.315 e. The number of fused-ring (bicyclic) bond motifs is 3. The molecule has 2 aliphatic rings. The van der Waals surface area contributed by atoms with Gasteiger partial charge in [0.1, 0.15) is 0 Å². The second-order valence-electron chi connectivity index (χ2n) is 5.35. The zero-order chi connectivity index (χ0) is 14.3. The van der Waals surface area contributed by atoms with E-state index in [0.717, 1.165) is 11.1 Å². The molecular weight excluding hydrogens is 280 g/mol. The molecule has 0 N–H and O–H groups in total. The molecule has 1 aliphatic carbocycles. The van der Waals surface area contributed by atoms with Crippen LogP contribution in [0.1, 0.15) is 16.7 Å². The summed E-state index contributed by atoms with van der Waals surface area (Å²) in [5.74, 6) is 0. The molecule has 4 rings (SSSR count). The van der Waals surface area contributed by atoms with Crippen LogP contribution in [-0.4, -0.2) is 12.4 Å². The lowest BCUT2D eigenvalue weighted by Gasteiger charge is -2.23. The molecule has 1 aliphatic heterocycles. The smallest absolute Gasteiger partial charge is 0.252 e. The molecule has 1 heterocycles. The Balaban J connectivity index is 1.87. The first-order valence-corrected chi connectivity index (χ1v) is 7.39. The van der Waals surface area contributed by atoms with Gasteiger partial charge in [-0.3, -0.25) is 4.42 Å². The van der Waals surface area contributed by atoms with Crippen molar-refractivity contribution in [2.45, 2.75) is 11.0 Å². The zero-order valence-electron chi connectivity index (χ0n) is 11.4. The van der Waals surface area contributed by atoms with Crippen molar-refractivity contribution in [1.82, 2.24) is 0 Å². The molecule has 2 heteroatoms. The first kappa shape index (κ1) is 12.6. The number of allylic oxidation sites excluding steroid dienone is 1. The lowest BCUT2D eigenvalue weighted by Crippen LogP contribution is -2.28. The van der Waals surface area contributed by atoms with Gasteiger partial charge in [-0.05, 0) is 28.8 Å². The summed E-state index contributed by atoms with van der Waals surface area (Å²) >= 11 is 6.81. The van der Waals surface area contributed by atoms with Gasteiger partial charge in [0.2, 0.25) is 0 Å². The Morgan fingerprint density at radius 3 is 2.57 bits per heavy atom. The molecule has 2 aromatic rings. The lowest BCUT2D eigenvalue weighted by atomic mass is 9.85. The van der Waals surface area contributed by atoms with Crippen LogP contribution in [0.15, 0.2) is 66.7 Å². The number of rotatable bonds is 1. The van der Waals surface area contributed by atoms with Gasteiger partial charge in [0.25, 0.3) is 0 Å². The standard InChI is InChI=1S/C19H14ClO/c20-19(15-7-2-1-3-8-15)12-17-16-9-5-4-6-14(16)10-11-18(17)21-13-19/h1-13,18H/q+1. The van der Waals surface area contributed by atoms with E-state index in [1.54, 1.807) is 6.29 Å². The molecule has 0 radical (unpaired) electrons. The van der Waals surface area contributed by atoms with Gasteiger partial charge in [0.05, 0.1) is 5.57 Å². The summed E-state index contributed by atoms with van der Waals surface area (Å²) in [7, 11) is 0. The minimum atomic E-state index is -0.717. The monoisotopic (exact) mass is 293 g/mol. The third kappa shape index (κ3) is 2.05. The van der Waals surface area contributed by atoms with Crippen molar-refractivity contribution in [2.24, 2.45) is 0 Å². The van der Waals surface area contributed by atoms with Gasteiger partial charge in [0.15, 0.2) is 4.87 Å². The molecule has 0 spiro atoms. The molecule has 0 saturated carbocycles. The van der Waals surface area contributed by atoms with Crippen molar-refractivity contribution in [3.63, 3.8) is 0 Å². The fourth-order valence-corrected chi connectivity index (χ4v) is 3.20. The zero-order valence-corrected chi connectivity index (χ0v) is 12.1. The first-order valence-electron chi connectivity index (χ1n) is 7.01. The number of benzene rings is 2. The highest BCUT2D eigenvalue weighted by Gasteiger charge is 2.41. The average Bonchev–Trinajstić information content (AvgIpc) is 2.55. The van der Waals surface area contributed by atoms with E-state index in [4.69, 9.17) is 16.0 Å². The highest BCUT2D eigenvalue weighted by atomic mass is 35.5. The molecular formula is C19H14ClO+. The number of hydrogen-bond acceptors (Lipinski definition) is 0. The molecule has 102 valence electrons. The van der Waals surface area contributed by atoms with Crippen LogP contribution in [0.4, 0.5) is 0 Å². The van der Waals surface area contributed by atoms with Crippen LogP contribution in [0, 0.1) is 0 Å². The van der Waals surface area contributed by atoms with E-state index in [9.17, 15) is 0 Å². The fourth-order valence-electron chi connectivity index (χ4n) is 2.91. The van der Waals surface area contributed by atoms with E-state index in [-0.39, 0.29) is 6.10 Å². The number of hydrogen-bond donors (Lipinski definition) is 0. The Labute approximate surface area is 128 Å². The van der Waals surface area contributed by atoms with Crippen LogP contribution < -0.4 is 0 Å². The number of carbonyl (C=O) groups excluding carboxylic acids is 1. The SMILES string of the molecule is ClC1(c2ccccc2)C=[O+]C2C=Cc3ccccc3C2=C1. The number of halogens is 1. The second-order valence-corrected chi connectivity index (χ2v) is 5.98. The van der Waals surface area contributed by atoms with Crippen molar-refractivity contribution in [2.75, 3.05) is 0 Å². The van der Waals surface area contributed by atoms with Crippen molar-refractivity contribution < 1.29 is 4.42 Å². The Hall–Kier alpha value is -2.12. The van der Waals surface area contributed by atoms with Gasteiger partial charge in [-0.25, -0.2) is 0 Å². The van der Waals surface area contributed by atoms with Crippen LogP contribution in [0.5, 0.6) is 0 Å². The molecule has 0 aromatic heterocycles. The highest BCUT2D eigenvalue weighted by Crippen LogP contribution is 2.39. The summed E-state index contributed by atoms with van der Waals surface area (Å²) in [6.07, 6.45) is 7.98. The first-order chi connectivity index (χ1) is 10.3. The maximum Gasteiger partial charge on any atom is 0.315 e.